The van der Waals surface area contributed by atoms with Gasteiger partial charge >= 0.3 is 0 Å². The number of para-hydroxylation sites is 2. The predicted molar refractivity (Wildman–Crippen MR) is 76.2 cm³/mol. The lowest BCUT2D eigenvalue weighted by atomic mass is 10.2. The van der Waals surface area contributed by atoms with E-state index in [2.05, 4.69) is 21.2 Å². The van der Waals surface area contributed by atoms with Crippen LogP contribution in [0.25, 0.3) is 0 Å². The molecule has 0 unspecified atom stereocenters. The highest BCUT2D eigenvalue weighted by Crippen LogP contribution is 2.26. The summed E-state index contributed by atoms with van der Waals surface area (Å²) in [4.78, 5) is 10.4. The number of aromatic hydroxyl groups is 1. The minimum Gasteiger partial charge on any atom is -0.508 e. The van der Waals surface area contributed by atoms with Crippen LogP contribution in [0.4, 0.5) is 11.4 Å². The number of nitro groups is 1. The molecular formula is C13H11BrN2O3. The second-order valence-corrected chi connectivity index (χ2v) is 4.82. The molecule has 0 saturated carbocycles. The number of phenolic OH excluding ortho intramolecular Hbond substituents is 1. The maximum absolute atomic E-state index is 10.9. The molecule has 98 valence electrons. The molecule has 0 aliphatic carbocycles. The first kappa shape index (κ1) is 13.4. The van der Waals surface area contributed by atoms with Gasteiger partial charge < -0.3 is 10.4 Å². The Morgan fingerprint density at radius 1 is 1.26 bits per heavy atom. The van der Waals surface area contributed by atoms with Gasteiger partial charge in [0.15, 0.2) is 0 Å². The van der Waals surface area contributed by atoms with Gasteiger partial charge in [0.1, 0.15) is 11.4 Å². The zero-order valence-corrected chi connectivity index (χ0v) is 11.4. The van der Waals surface area contributed by atoms with Crippen molar-refractivity contribution in [3.05, 3.63) is 62.6 Å². The second kappa shape index (κ2) is 5.71. The van der Waals surface area contributed by atoms with Crippen molar-refractivity contribution in [3.63, 3.8) is 0 Å². The van der Waals surface area contributed by atoms with Gasteiger partial charge in [-0.3, -0.25) is 10.1 Å². The van der Waals surface area contributed by atoms with E-state index < -0.39 is 4.92 Å². The van der Waals surface area contributed by atoms with Gasteiger partial charge in [-0.25, -0.2) is 0 Å². The van der Waals surface area contributed by atoms with E-state index in [0.717, 1.165) is 4.47 Å². The SMILES string of the molecule is O=[N+]([O-])c1ccccc1NCc1cc(Br)ccc1O. The standard InChI is InChI=1S/C13H11BrN2O3/c14-10-5-6-13(17)9(7-10)8-15-11-3-1-2-4-12(11)16(18)19/h1-7,15,17H,8H2. The van der Waals surface area contributed by atoms with Gasteiger partial charge in [0.2, 0.25) is 0 Å². The Kier molecular flexibility index (Phi) is 4.01. The minimum absolute atomic E-state index is 0.0111. The molecule has 19 heavy (non-hydrogen) atoms. The molecule has 2 rings (SSSR count). The van der Waals surface area contributed by atoms with Crippen LogP contribution in [-0.4, -0.2) is 10.0 Å². The molecule has 2 N–H and O–H groups in total. The van der Waals surface area contributed by atoms with E-state index in [4.69, 9.17) is 0 Å². The topological polar surface area (TPSA) is 75.4 Å². The Labute approximate surface area is 118 Å². The first-order chi connectivity index (χ1) is 9.08. The maximum atomic E-state index is 10.9. The number of hydrogen-bond acceptors (Lipinski definition) is 4. The Balaban J connectivity index is 2.19. The number of rotatable bonds is 4. The van der Waals surface area contributed by atoms with Crippen molar-refractivity contribution >= 4 is 27.3 Å². The summed E-state index contributed by atoms with van der Waals surface area (Å²) in [5.74, 6) is 0.147. The van der Waals surface area contributed by atoms with Gasteiger partial charge in [-0.1, -0.05) is 28.1 Å². The fourth-order valence-corrected chi connectivity index (χ4v) is 2.08. The highest BCUT2D eigenvalue weighted by molar-refractivity contribution is 9.10. The van der Waals surface area contributed by atoms with Crippen molar-refractivity contribution in [3.8, 4) is 5.75 Å². The minimum atomic E-state index is -0.441. The van der Waals surface area contributed by atoms with Crippen LogP contribution in [0.1, 0.15) is 5.56 Å². The quantitative estimate of drug-likeness (QED) is 0.665. The van der Waals surface area contributed by atoms with Gasteiger partial charge in [0, 0.05) is 22.6 Å². The fraction of sp³-hybridized carbons (Fsp3) is 0.0769. The van der Waals surface area contributed by atoms with Gasteiger partial charge in [0.25, 0.3) is 5.69 Å². The van der Waals surface area contributed by atoms with Crippen molar-refractivity contribution in [1.29, 1.82) is 0 Å². The molecule has 2 aromatic carbocycles. The summed E-state index contributed by atoms with van der Waals surface area (Å²) in [6.07, 6.45) is 0. The van der Waals surface area contributed by atoms with Crippen LogP contribution in [0, 0.1) is 10.1 Å². The number of hydrogen-bond donors (Lipinski definition) is 2. The fourth-order valence-electron chi connectivity index (χ4n) is 1.67. The average Bonchev–Trinajstić information content (AvgIpc) is 2.40. The van der Waals surface area contributed by atoms with Crippen LogP contribution in [0.2, 0.25) is 0 Å². The van der Waals surface area contributed by atoms with Crippen molar-refractivity contribution in [2.45, 2.75) is 6.54 Å². The third-order valence-corrected chi connectivity index (χ3v) is 3.10. The Hall–Kier alpha value is -2.08. The Morgan fingerprint density at radius 2 is 2.00 bits per heavy atom. The molecule has 0 aromatic heterocycles. The maximum Gasteiger partial charge on any atom is 0.292 e. The number of nitrogens with zero attached hydrogens (tertiary/aromatic N) is 1. The number of nitrogens with one attached hydrogen (secondary N) is 1. The summed E-state index contributed by atoms with van der Waals surface area (Å²) in [6.45, 7) is 0.302. The third kappa shape index (κ3) is 3.23. The Bertz CT molecular complexity index is 617. The molecule has 0 heterocycles. The molecule has 6 heteroatoms. The normalized spacial score (nSPS) is 10.2. The van der Waals surface area contributed by atoms with E-state index >= 15 is 0 Å². The van der Waals surface area contributed by atoms with Gasteiger partial charge in [0.05, 0.1) is 4.92 Å². The Morgan fingerprint density at radius 3 is 2.74 bits per heavy atom. The van der Waals surface area contributed by atoms with Crippen LogP contribution in [-0.2, 0) is 6.54 Å². The van der Waals surface area contributed by atoms with E-state index in [9.17, 15) is 15.2 Å². The molecule has 0 bridgehead atoms. The zero-order chi connectivity index (χ0) is 13.8. The van der Waals surface area contributed by atoms with E-state index in [1.165, 1.54) is 6.07 Å². The first-order valence-electron chi connectivity index (χ1n) is 5.52. The average molecular weight is 323 g/mol. The molecule has 0 fully saturated rings. The van der Waals surface area contributed by atoms with Crippen molar-refractivity contribution in [1.82, 2.24) is 0 Å². The summed E-state index contributed by atoms with van der Waals surface area (Å²) in [5, 5.41) is 23.5. The second-order valence-electron chi connectivity index (χ2n) is 3.90. The molecule has 0 spiro atoms. The summed E-state index contributed by atoms with van der Waals surface area (Å²) in [6, 6.07) is 11.5. The van der Waals surface area contributed by atoms with Crippen molar-refractivity contribution < 1.29 is 10.0 Å². The molecule has 0 aliphatic rings. The van der Waals surface area contributed by atoms with E-state index in [0.29, 0.717) is 17.8 Å². The summed E-state index contributed by atoms with van der Waals surface area (Å²) < 4.78 is 0.838. The number of halogens is 1. The van der Waals surface area contributed by atoms with Crippen LogP contribution in [0.15, 0.2) is 46.9 Å². The van der Waals surface area contributed by atoms with Crippen LogP contribution >= 0.6 is 15.9 Å². The molecule has 0 atom stereocenters. The monoisotopic (exact) mass is 322 g/mol. The lowest BCUT2D eigenvalue weighted by Gasteiger charge is -2.09. The number of anilines is 1. The summed E-state index contributed by atoms with van der Waals surface area (Å²) in [7, 11) is 0. The summed E-state index contributed by atoms with van der Waals surface area (Å²) in [5.41, 5.74) is 1.09. The highest BCUT2D eigenvalue weighted by atomic mass is 79.9. The lowest BCUT2D eigenvalue weighted by Crippen LogP contribution is -2.02. The first-order valence-corrected chi connectivity index (χ1v) is 6.32. The predicted octanol–water partition coefficient (Wildman–Crippen LogP) is 3.68. The number of benzene rings is 2. The zero-order valence-electron chi connectivity index (χ0n) is 9.84. The number of phenols is 1. The van der Waals surface area contributed by atoms with E-state index in [-0.39, 0.29) is 11.4 Å². The van der Waals surface area contributed by atoms with Crippen molar-refractivity contribution in [2.75, 3.05) is 5.32 Å². The van der Waals surface area contributed by atoms with Gasteiger partial charge in [-0.05, 0) is 24.3 Å². The van der Waals surface area contributed by atoms with E-state index in [1.807, 2.05) is 0 Å². The van der Waals surface area contributed by atoms with Crippen LogP contribution in [0.5, 0.6) is 5.75 Å². The third-order valence-electron chi connectivity index (χ3n) is 2.61. The molecule has 0 radical (unpaired) electrons. The highest BCUT2D eigenvalue weighted by Gasteiger charge is 2.12. The van der Waals surface area contributed by atoms with Crippen LogP contribution in [0.3, 0.4) is 0 Å². The largest absolute Gasteiger partial charge is 0.508 e. The van der Waals surface area contributed by atoms with Gasteiger partial charge in [-0.2, -0.15) is 0 Å². The molecule has 0 aliphatic heterocycles. The van der Waals surface area contributed by atoms with Gasteiger partial charge in [-0.15, -0.1) is 0 Å². The van der Waals surface area contributed by atoms with Crippen molar-refractivity contribution in [2.24, 2.45) is 0 Å². The molecule has 0 amide bonds. The van der Waals surface area contributed by atoms with E-state index in [1.54, 1.807) is 36.4 Å². The van der Waals surface area contributed by atoms with Crippen LogP contribution < -0.4 is 5.32 Å². The molecular weight excluding hydrogens is 312 g/mol. The lowest BCUT2D eigenvalue weighted by molar-refractivity contribution is -0.384. The summed E-state index contributed by atoms with van der Waals surface area (Å²) >= 11 is 3.31. The number of nitro benzene ring substituents is 1. The molecule has 0 saturated heterocycles. The molecule has 2 aromatic rings. The smallest absolute Gasteiger partial charge is 0.292 e. The molecule has 5 nitrogen and oxygen atoms in total.